The van der Waals surface area contributed by atoms with Crippen LogP contribution in [0.5, 0.6) is 17.2 Å². The van der Waals surface area contributed by atoms with Gasteiger partial charge in [-0.2, -0.15) is 0 Å². The van der Waals surface area contributed by atoms with E-state index in [4.69, 9.17) is 24.7 Å². The molecule has 0 aromatic heterocycles. The number of carbonyl (C=O) groups excluding carboxylic acids is 1. The Hall–Kier alpha value is -3.33. The van der Waals surface area contributed by atoms with E-state index in [1.54, 1.807) is 34.1 Å². The van der Waals surface area contributed by atoms with Gasteiger partial charge >= 0.3 is 0 Å². The normalized spacial score (nSPS) is 11.9. The minimum atomic E-state index is -0.657. The zero-order valence-corrected chi connectivity index (χ0v) is 25.6. The van der Waals surface area contributed by atoms with E-state index in [0.717, 1.165) is 36.5 Å². The van der Waals surface area contributed by atoms with Gasteiger partial charge in [0.2, 0.25) is 0 Å². The molecule has 0 spiro atoms. The van der Waals surface area contributed by atoms with Crippen LogP contribution in [0.3, 0.4) is 0 Å². The number of nitrogens with two attached hydrogens (primary N) is 1. The average molecular weight is 560 g/mol. The van der Waals surface area contributed by atoms with Crippen LogP contribution in [0, 0.1) is 12.7 Å². The minimum Gasteiger partial charge on any atom is -0.494 e. The lowest BCUT2D eigenvalue weighted by Gasteiger charge is -2.30. The van der Waals surface area contributed by atoms with E-state index >= 15 is 4.39 Å². The van der Waals surface area contributed by atoms with E-state index < -0.39 is 5.82 Å². The summed E-state index contributed by atoms with van der Waals surface area (Å²) in [4.78, 5) is 20.0. The predicted molar refractivity (Wildman–Crippen MR) is 159 cm³/mol. The minimum absolute atomic E-state index is 0.0165. The number of Topliss-reactive ketones (excluding diaryl/α,β-unsaturated/α-hetero) is 1. The third kappa shape index (κ3) is 7.87. The van der Waals surface area contributed by atoms with Crippen LogP contribution in [0.2, 0.25) is 0 Å². The molecule has 0 amide bonds. The fraction of sp³-hybridized carbons (Fsp3) is 0.548. The molecule has 40 heavy (non-hydrogen) atoms. The standard InChI is InChI=1S/C31H46FN3O5/c1-10-35(14-13-15-37-8)23-18-21(17-22(28(23)38-9)31(5,6)7)24(36)19-34-30(33)26-20(4)16-25(39-11-2)29(27(26)32)40-12-3/h16-18H,10-15,19H2,1-9H3,(H2,33,34). The molecule has 222 valence electrons. The molecule has 0 unspecified atom stereocenters. The number of aliphatic imine (C=N–C) groups is 1. The van der Waals surface area contributed by atoms with Crippen molar-refractivity contribution in [1.29, 1.82) is 0 Å². The van der Waals surface area contributed by atoms with Crippen LogP contribution >= 0.6 is 0 Å². The van der Waals surface area contributed by atoms with E-state index in [9.17, 15) is 4.79 Å². The number of ketones is 1. The van der Waals surface area contributed by atoms with Crippen molar-refractivity contribution in [3.8, 4) is 17.2 Å². The summed E-state index contributed by atoms with van der Waals surface area (Å²) in [5, 5.41) is 0. The zero-order chi connectivity index (χ0) is 30.0. The highest BCUT2D eigenvalue weighted by molar-refractivity contribution is 6.04. The summed E-state index contributed by atoms with van der Waals surface area (Å²) in [7, 11) is 3.33. The number of hydrogen-bond acceptors (Lipinski definition) is 7. The first kappa shape index (κ1) is 32.9. The van der Waals surface area contributed by atoms with Gasteiger partial charge in [-0.1, -0.05) is 20.8 Å². The Balaban J connectivity index is 2.52. The van der Waals surface area contributed by atoms with Gasteiger partial charge in [-0.3, -0.25) is 9.79 Å². The van der Waals surface area contributed by atoms with Crippen LogP contribution in [0.1, 0.15) is 75.0 Å². The van der Waals surface area contributed by atoms with Gasteiger partial charge in [0.05, 0.1) is 31.6 Å². The maximum absolute atomic E-state index is 15.5. The number of carbonyl (C=O) groups is 1. The molecule has 2 aromatic rings. The quantitative estimate of drug-likeness (QED) is 0.130. The number of amidine groups is 1. The molecule has 0 bridgehead atoms. The van der Waals surface area contributed by atoms with Crippen molar-refractivity contribution in [1.82, 2.24) is 0 Å². The molecule has 2 N–H and O–H groups in total. The highest BCUT2D eigenvalue weighted by atomic mass is 19.1. The third-order valence-electron chi connectivity index (χ3n) is 6.52. The molecule has 0 aliphatic heterocycles. The topological polar surface area (TPSA) is 95.6 Å². The van der Waals surface area contributed by atoms with Gasteiger partial charge < -0.3 is 29.6 Å². The maximum atomic E-state index is 15.5. The monoisotopic (exact) mass is 559 g/mol. The Morgan fingerprint density at radius 2 is 1.73 bits per heavy atom. The number of aryl methyl sites for hydroxylation is 1. The summed E-state index contributed by atoms with van der Waals surface area (Å²) >= 11 is 0. The van der Waals surface area contributed by atoms with Crippen molar-refractivity contribution < 1.29 is 28.1 Å². The van der Waals surface area contributed by atoms with E-state index in [1.807, 2.05) is 19.1 Å². The van der Waals surface area contributed by atoms with Gasteiger partial charge in [0, 0.05) is 37.9 Å². The average Bonchev–Trinajstić information content (AvgIpc) is 2.90. The number of nitrogens with zero attached hydrogens (tertiary/aromatic N) is 2. The van der Waals surface area contributed by atoms with E-state index in [2.05, 4.69) is 37.6 Å². The largest absolute Gasteiger partial charge is 0.494 e. The van der Waals surface area contributed by atoms with Crippen LogP contribution in [0.15, 0.2) is 23.2 Å². The maximum Gasteiger partial charge on any atom is 0.197 e. The Morgan fingerprint density at radius 3 is 2.27 bits per heavy atom. The van der Waals surface area contributed by atoms with Gasteiger partial charge in [0.25, 0.3) is 0 Å². The number of anilines is 1. The van der Waals surface area contributed by atoms with Crippen molar-refractivity contribution in [2.45, 2.75) is 60.3 Å². The van der Waals surface area contributed by atoms with Crippen LogP contribution in [-0.2, 0) is 10.2 Å². The first-order valence-electron chi connectivity index (χ1n) is 13.8. The highest BCUT2D eigenvalue weighted by Crippen LogP contribution is 2.40. The van der Waals surface area contributed by atoms with Crippen LogP contribution < -0.4 is 24.8 Å². The van der Waals surface area contributed by atoms with Gasteiger partial charge in [-0.25, -0.2) is 4.39 Å². The summed E-state index contributed by atoms with van der Waals surface area (Å²) in [6.07, 6.45) is 0.827. The van der Waals surface area contributed by atoms with Gasteiger partial charge in [0.15, 0.2) is 23.1 Å². The molecule has 0 saturated carbocycles. The van der Waals surface area contributed by atoms with Crippen LogP contribution in [0.4, 0.5) is 10.1 Å². The van der Waals surface area contributed by atoms with Crippen molar-refractivity contribution in [2.75, 3.05) is 58.6 Å². The second-order valence-electron chi connectivity index (χ2n) is 10.5. The number of rotatable bonds is 15. The Bertz CT molecular complexity index is 1190. The molecule has 2 rings (SSSR count). The summed E-state index contributed by atoms with van der Waals surface area (Å²) < 4.78 is 37.7. The number of halogens is 1. The van der Waals surface area contributed by atoms with Crippen LogP contribution in [0.25, 0.3) is 0 Å². The van der Waals surface area contributed by atoms with Crippen molar-refractivity contribution >= 4 is 17.3 Å². The third-order valence-corrected chi connectivity index (χ3v) is 6.52. The summed E-state index contributed by atoms with van der Waals surface area (Å²) in [6, 6.07) is 5.37. The first-order chi connectivity index (χ1) is 18.9. The Labute approximate surface area is 238 Å². The highest BCUT2D eigenvalue weighted by Gasteiger charge is 2.26. The molecule has 2 aromatic carbocycles. The number of ether oxygens (including phenoxy) is 4. The van der Waals surface area contributed by atoms with E-state index in [0.29, 0.717) is 30.1 Å². The summed E-state index contributed by atoms with van der Waals surface area (Å²) in [5.74, 6) is 0.0547. The van der Waals surface area contributed by atoms with Crippen LogP contribution in [-0.4, -0.2) is 65.3 Å². The van der Waals surface area contributed by atoms with E-state index in [-0.39, 0.29) is 41.5 Å². The Kier molecular flexibility index (Phi) is 12.2. The molecule has 0 atom stereocenters. The molecule has 0 aliphatic rings. The predicted octanol–water partition coefficient (Wildman–Crippen LogP) is 5.69. The molecule has 8 nitrogen and oxygen atoms in total. The zero-order valence-electron chi connectivity index (χ0n) is 25.6. The molecular formula is C31H46FN3O5. The first-order valence-corrected chi connectivity index (χ1v) is 13.8. The second kappa shape index (κ2) is 14.9. The summed E-state index contributed by atoms with van der Waals surface area (Å²) in [5.41, 5.74) is 8.83. The molecule has 0 heterocycles. The molecule has 9 heteroatoms. The van der Waals surface area contributed by atoms with Crippen molar-refractivity contribution in [2.24, 2.45) is 10.7 Å². The lowest BCUT2D eigenvalue weighted by Crippen LogP contribution is -2.27. The lowest BCUT2D eigenvalue weighted by atomic mass is 9.84. The number of benzene rings is 2. The van der Waals surface area contributed by atoms with Gasteiger partial charge in [-0.05, 0) is 63.3 Å². The van der Waals surface area contributed by atoms with Crippen molar-refractivity contribution in [3.05, 3.63) is 46.3 Å². The molecular weight excluding hydrogens is 513 g/mol. The molecule has 0 fully saturated rings. The Morgan fingerprint density at radius 1 is 1.05 bits per heavy atom. The number of methoxy groups -OCH3 is 2. The molecule has 0 saturated heterocycles. The van der Waals surface area contributed by atoms with Gasteiger partial charge in [-0.15, -0.1) is 0 Å². The summed E-state index contributed by atoms with van der Waals surface area (Å²) in [6.45, 7) is 16.1. The molecule has 0 radical (unpaired) electrons. The van der Waals surface area contributed by atoms with Gasteiger partial charge in [0.1, 0.15) is 18.1 Å². The molecule has 0 aliphatic carbocycles. The second-order valence-corrected chi connectivity index (χ2v) is 10.5. The van der Waals surface area contributed by atoms with Crippen molar-refractivity contribution in [3.63, 3.8) is 0 Å². The lowest BCUT2D eigenvalue weighted by molar-refractivity contribution is 0.100. The SMILES string of the molecule is CCOc1cc(C)c(C(N)=NCC(=O)c2cc(N(CC)CCCOC)c(OC)c(C(C)(C)C)c2)c(F)c1OCC. The number of hydrogen-bond donors (Lipinski definition) is 1. The fourth-order valence-corrected chi connectivity index (χ4v) is 4.54. The van der Waals surface area contributed by atoms with E-state index in [1.165, 1.54) is 0 Å². The fourth-order valence-electron chi connectivity index (χ4n) is 4.54. The smallest absolute Gasteiger partial charge is 0.197 e.